The molecule has 0 amide bonds. The number of carbonyl (C=O) groups is 1. The van der Waals surface area contributed by atoms with Crippen LogP contribution in [-0.4, -0.2) is 27.8 Å². The van der Waals surface area contributed by atoms with Crippen LogP contribution in [0.1, 0.15) is 18.7 Å². The van der Waals surface area contributed by atoms with Crippen molar-refractivity contribution in [3.63, 3.8) is 0 Å². The molecule has 1 aromatic carbocycles. The van der Waals surface area contributed by atoms with Gasteiger partial charge in [0.25, 0.3) is 0 Å². The summed E-state index contributed by atoms with van der Waals surface area (Å²) in [5.74, 6) is -0.363. The van der Waals surface area contributed by atoms with Crippen molar-refractivity contribution in [3.05, 3.63) is 30.2 Å². The van der Waals surface area contributed by atoms with Gasteiger partial charge in [0.1, 0.15) is 5.75 Å². The molecule has 0 fully saturated rings. The van der Waals surface area contributed by atoms with Gasteiger partial charge in [-0.25, -0.2) is 0 Å². The molecule has 0 saturated carbocycles. The van der Waals surface area contributed by atoms with Crippen LogP contribution in [0.15, 0.2) is 28.8 Å². The highest BCUT2D eigenvalue weighted by atomic mass is 19.3. The van der Waals surface area contributed by atoms with Gasteiger partial charge in [-0.15, -0.1) is 0 Å². The lowest BCUT2D eigenvalue weighted by Gasteiger charge is -2.04. The van der Waals surface area contributed by atoms with Gasteiger partial charge in [0.2, 0.25) is 11.7 Å². The standard InChI is InChI=1S/C13H12F2N2O4/c14-13(15)20-9-4-1-3-8(7-9)12-16-10(21-17-12)5-2-6-11(18)19/h1,3-4,7,13H,2,5-6H2,(H,18,19). The highest BCUT2D eigenvalue weighted by molar-refractivity contribution is 5.66. The number of carboxylic acids is 1. The number of hydrogen-bond donors (Lipinski definition) is 1. The third-order valence-electron chi connectivity index (χ3n) is 2.57. The minimum atomic E-state index is -2.91. The topological polar surface area (TPSA) is 85.5 Å². The van der Waals surface area contributed by atoms with Gasteiger partial charge in [-0.1, -0.05) is 17.3 Å². The van der Waals surface area contributed by atoms with E-state index < -0.39 is 12.6 Å². The number of halogens is 2. The molecule has 8 heteroatoms. The van der Waals surface area contributed by atoms with Crippen molar-refractivity contribution in [2.75, 3.05) is 0 Å². The maximum atomic E-state index is 12.1. The molecular weight excluding hydrogens is 286 g/mol. The van der Waals surface area contributed by atoms with Gasteiger partial charge < -0.3 is 14.4 Å². The molecule has 0 saturated heterocycles. The normalized spacial score (nSPS) is 10.8. The second kappa shape index (κ2) is 6.78. The van der Waals surface area contributed by atoms with Crippen molar-refractivity contribution in [3.8, 4) is 17.1 Å². The van der Waals surface area contributed by atoms with Crippen LogP contribution in [0.25, 0.3) is 11.4 Å². The van der Waals surface area contributed by atoms with Gasteiger partial charge in [0.05, 0.1) is 0 Å². The molecule has 0 aliphatic rings. The van der Waals surface area contributed by atoms with Crippen molar-refractivity contribution in [2.24, 2.45) is 0 Å². The fraction of sp³-hybridized carbons (Fsp3) is 0.308. The summed E-state index contributed by atoms with van der Waals surface area (Å²) < 4.78 is 33.6. The molecule has 0 atom stereocenters. The zero-order chi connectivity index (χ0) is 15.2. The molecule has 0 spiro atoms. The fourth-order valence-corrected chi connectivity index (χ4v) is 1.68. The second-order valence-corrected chi connectivity index (χ2v) is 4.17. The van der Waals surface area contributed by atoms with Crippen molar-refractivity contribution < 1.29 is 27.9 Å². The van der Waals surface area contributed by atoms with E-state index in [0.717, 1.165) is 0 Å². The van der Waals surface area contributed by atoms with E-state index in [9.17, 15) is 13.6 Å². The fourth-order valence-electron chi connectivity index (χ4n) is 1.68. The number of aliphatic carboxylic acids is 1. The average molecular weight is 298 g/mol. The third-order valence-corrected chi connectivity index (χ3v) is 2.57. The first kappa shape index (κ1) is 14.9. The van der Waals surface area contributed by atoms with Gasteiger partial charge >= 0.3 is 12.6 Å². The molecule has 2 rings (SSSR count). The number of nitrogens with zero attached hydrogens (tertiary/aromatic N) is 2. The molecular formula is C13H12F2N2O4. The summed E-state index contributed by atoms with van der Waals surface area (Å²) in [7, 11) is 0. The molecule has 1 N–H and O–H groups in total. The Morgan fingerprint density at radius 1 is 1.43 bits per heavy atom. The molecule has 1 aromatic heterocycles. The summed E-state index contributed by atoms with van der Waals surface area (Å²) in [6.07, 6.45) is 0.730. The zero-order valence-corrected chi connectivity index (χ0v) is 10.8. The predicted molar refractivity (Wildman–Crippen MR) is 66.9 cm³/mol. The molecule has 2 aromatic rings. The van der Waals surface area contributed by atoms with Gasteiger partial charge in [0, 0.05) is 18.4 Å². The maximum Gasteiger partial charge on any atom is 0.387 e. The molecule has 0 unspecified atom stereocenters. The zero-order valence-electron chi connectivity index (χ0n) is 10.8. The summed E-state index contributed by atoms with van der Waals surface area (Å²) in [4.78, 5) is 14.5. The maximum absolute atomic E-state index is 12.1. The second-order valence-electron chi connectivity index (χ2n) is 4.17. The van der Waals surface area contributed by atoms with Crippen LogP contribution in [0.4, 0.5) is 8.78 Å². The predicted octanol–water partition coefficient (Wildman–Crippen LogP) is 2.75. The van der Waals surface area contributed by atoms with Crippen LogP contribution in [-0.2, 0) is 11.2 Å². The minimum absolute atomic E-state index is 0.000253. The molecule has 0 aliphatic carbocycles. The Kier molecular flexibility index (Phi) is 4.81. The van der Waals surface area contributed by atoms with Gasteiger partial charge in [-0.05, 0) is 18.6 Å². The number of benzene rings is 1. The highest BCUT2D eigenvalue weighted by Gasteiger charge is 2.11. The van der Waals surface area contributed by atoms with Crippen molar-refractivity contribution >= 4 is 5.97 Å². The van der Waals surface area contributed by atoms with Gasteiger partial charge in [-0.2, -0.15) is 13.8 Å². The van der Waals surface area contributed by atoms with E-state index in [4.69, 9.17) is 9.63 Å². The smallest absolute Gasteiger partial charge is 0.387 e. The minimum Gasteiger partial charge on any atom is -0.481 e. The Hall–Kier alpha value is -2.51. The van der Waals surface area contributed by atoms with E-state index in [-0.39, 0.29) is 18.0 Å². The Labute approximate surface area is 118 Å². The van der Waals surface area contributed by atoms with Crippen LogP contribution in [0.5, 0.6) is 5.75 Å². The molecule has 21 heavy (non-hydrogen) atoms. The van der Waals surface area contributed by atoms with Crippen LogP contribution in [0, 0.1) is 0 Å². The number of rotatable bonds is 7. The van der Waals surface area contributed by atoms with Crippen molar-refractivity contribution in [1.82, 2.24) is 10.1 Å². The Balaban J connectivity index is 2.05. The lowest BCUT2D eigenvalue weighted by molar-refractivity contribution is -0.137. The van der Waals surface area contributed by atoms with Crippen molar-refractivity contribution in [1.29, 1.82) is 0 Å². The first-order valence-electron chi connectivity index (χ1n) is 6.14. The molecule has 1 heterocycles. The lowest BCUT2D eigenvalue weighted by atomic mass is 10.2. The lowest BCUT2D eigenvalue weighted by Crippen LogP contribution is -2.01. The van der Waals surface area contributed by atoms with Crippen LogP contribution < -0.4 is 4.74 Å². The number of ether oxygens (including phenoxy) is 1. The quantitative estimate of drug-likeness (QED) is 0.846. The Morgan fingerprint density at radius 3 is 2.95 bits per heavy atom. The molecule has 112 valence electrons. The number of hydrogen-bond acceptors (Lipinski definition) is 5. The molecule has 0 radical (unpaired) electrons. The molecule has 6 nitrogen and oxygen atoms in total. The first-order valence-corrected chi connectivity index (χ1v) is 6.14. The van der Waals surface area contributed by atoms with E-state index in [1.165, 1.54) is 18.2 Å². The number of alkyl halides is 2. The van der Waals surface area contributed by atoms with Gasteiger partial charge in [-0.3, -0.25) is 4.79 Å². The third kappa shape index (κ3) is 4.51. The number of aryl methyl sites for hydroxylation is 1. The summed E-state index contributed by atoms with van der Waals surface area (Å²) in [5.41, 5.74) is 0.474. The van der Waals surface area contributed by atoms with E-state index in [2.05, 4.69) is 14.9 Å². The summed E-state index contributed by atoms with van der Waals surface area (Å²) in [6.45, 7) is -2.91. The molecule has 0 bridgehead atoms. The highest BCUT2D eigenvalue weighted by Crippen LogP contribution is 2.23. The van der Waals surface area contributed by atoms with E-state index in [1.807, 2.05) is 0 Å². The van der Waals surface area contributed by atoms with Crippen molar-refractivity contribution in [2.45, 2.75) is 25.9 Å². The first-order chi connectivity index (χ1) is 10.0. The number of aromatic nitrogens is 2. The van der Waals surface area contributed by atoms with Gasteiger partial charge in [0.15, 0.2) is 0 Å². The Bertz CT molecular complexity index is 616. The van der Waals surface area contributed by atoms with E-state index >= 15 is 0 Å². The van der Waals surface area contributed by atoms with Crippen LogP contribution >= 0.6 is 0 Å². The Morgan fingerprint density at radius 2 is 2.24 bits per heavy atom. The summed E-state index contributed by atoms with van der Waals surface area (Å²) >= 11 is 0. The largest absolute Gasteiger partial charge is 0.481 e. The SMILES string of the molecule is O=C(O)CCCc1nc(-c2cccc(OC(F)F)c2)no1. The monoisotopic (exact) mass is 298 g/mol. The van der Waals surface area contributed by atoms with E-state index in [0.29, 0.717) is 24.3 Å². The summed E-state index contributed by atoms with van der Waals surface area (Å²) in [5, 5.41) is 12.3. The van der Waals surface area contributed by atoms with E-state index in [1.54, 1.807) is 6.07 Å². The number of carboxylic acid groups (broad SMARTS) is 1. The van der Waals surface area contributed by atoms with Crippen LogP contribution in [0.2, 0.25) is 0 Å². The molecule has 0 aliphatic heterocycles. The average Bonchev–Trinajstić information content (AvgIpc) is 2.86. The summed E-state index contributed by atoms with van der Waals surface area (Å²) in [6, 6.07) is 5.93. The van der Waals surface area contributed by atoms with Crippen LogP contribution in [0.3, 0.4) is 0 Å².